The molecule has 0 saturated heterocycles. The Labute approximate surface area is 175 Å². The van der Waals surface area contributed by atoms with Crippen LogP contribution >= 0.6 is 11.3 Å². The first-order chi connectivity index (χ1) is 14.4. The van der Waals surface area contributed by atoms with E-state index in [2.05, 4.69) is 5.32 Å². The fourth-order valence-corrected chi connectivity index (χ4v) is 4.84. The van der Waals surface area contributed by atoms with Gasteiger partial charge in [-0.15, -0.1) is 11.3 Å². The highest BCUT2D eigenvalue weighted by Crippen LogP contribution is 2.49. The molecule has 0 fully saturated rings. The Morgan fingerprint density at radius 2 is 1.70 bits per heavy atom. The second kappa shape index (κ2) is 7.64. The number of thiophene rings is 1. The minimum atomic E-state index is -1.07. The molecule has 2 aromatic carbocycles. The average molecular weight is 423 g/mol. The zero-order valence-corrected chi connectivity index (χ0v) is 16.7. The molecule has 2 heterocycles. The lowest BCUT2D eigenvalue weighted by Gasteiger charge is -2.24. The van der Waals surface area contributed by atoms with Crippen LogP contribution in [0.25, 0.3) is 11.1 Å². The van der Waals surface area contributed by atoms with Gasteiger partial charge in [-0.2, -0.15) is 0 Å². The Morgan fingerprint density at radius 1 is 1.03 bits per heavy atom. The highest BCUT2D eigenvalue weighted by Gasteiger charge is 2.34. The van der Waals surface area contributed by atoms with Crippen LogP contribution in [0.5, 0.6) is 5.75 Å². The number of amides is 1. The van der Waals surface area contributed by atoms with Gasteiger partial charge in [-0.05, 0) is 35.4 Å². The van der Waals surface area contributed by atoms with Crippen LogP contribution < -0.4 is 10.1 Å². The number of rotatable bonds is 5. The Morgan fingerprint density at radius 3 is 2.27 bits per heavy atom. The quantitative estimate of drug-likeness (QED) is 0.564. The molecule has 152 valence electrons. The van der Waals surface area contributed by atoms with Gasteiger partial charge >= 0.3 is 11.9 Å². The van der Waals surface area contributed by atoms with Gasteiger partial charge < -0.3 is 20.3 Å². The summed E-state index contributed by atoms with van der Waals surface area (Å²) in [4.78, 5) is 36.5. The highest BCUT2D eigenvalue weighted by atomic mass is 32.1. The molecule has 0 saturated carbocycles. The van der Waals surface area contributed by atoms with Gasteiger partial charge in [0.15, 0.2) is 0 Å². The Bertz CT molecular complexity index is 1150. The summed E-state index contributed by atoms with van der Waals surface area (Å²) in [6, 6.07) is 13.3. The lowest BCUT2D eigenvalue weighted by Crippen LogP contribution is -2.22. The maximum absolute atomic E-state index is 12.5. The zero-order chi connectivity index (χ0) is 21.4. The Balaban J connectivity index is 1.86. The van der Waals surface area contributed by atoms with Gasteiger partial charge in [-0.1, -0.05) is 24.3 Å². The van der Waals surface area contributed by atoms with E-state index in [0.717, 1.165) is 21.8 Å². The summed E-state index contributed by atoms with van der Waals surface area (Å²) in [5, 5.41) is 21.8. The summed E-state index contributed by atoms with van der Waals surface area (Å²) in [6.45, 7) is 0. The fourth-order valence-electron chi connectivity index (χ4n) is 3.60. The molecule has 1 aliphatic heterocycles. The van der Waals surface area contributed by atoms with Crippen LogP contribution in [0.2, 0.25) is 0 Å². The molecule has 0 aliphatic carbocycles. The van der Waals surface area contributed by atoms with Crippen molar-refractivity contribution in [3.8, 4) is 16.9 Å². The van der Waals surface area contributed by atoms with Crippen LogP contribution in [0.15, 0.2) is 48.5 Å². The van der Waals surface area contributed by atoms with Gasteiger partial charge in [0.2, 0.25) is 5.91 Å². The predicted octanol–water partition coefficient (Wildman–Crippen LogP) is 4.29. The molecule has 3 N–H and O–H groups in total. The summed E-state index contributed by atoms with van der Waals surface area (Å²) < 4.78 is 5.17. The van der Waals surface area contributed by atoms with E-state index in [1.165, 1.54) is 12.1 Å². The molecule has 1 aliphatic rings. The van der Waals surface area contributed by atoms with Crippen molar-refractivity contribution in [3.05, 3.63) is 69.4 Å². The number of hydrogen-bond donors (Lipinski definition) is 3. The van der Waals surface area contributed by atoms with Crippen molar-refractivity contribution in [1.82, 2.24) is 0 Å². The number of carbonyl (C=O) groups is 3. The van der Waals surface area contributed by atoms with Gasteiger partial charge in [0.1, 0.15) is 10.6 Å². The first kappa shape index (κ1) is 19.7. The second-order valence-electron chi connectivity index (χ2n) is 6.81. The van der Waals surface area contributed by atoms with Gasteiger partial charge in [0.05, 0.1) is 18.4 Å². The number of ether oxygens (including phenoxy) is 1. The lowest BCUT2D eigenvalue weighted by molar-refractivity contribution is -0.116. The number of methoxy groups -OCH3 is 1. The molecular weight excluding hydrogens is 406 g/mol. The van der Waals surface area contributed by atoms with Gasteiger partial charge in [0, 0.05) is 22.8 Å². The van der Waals surface area contributed by atoms with Crippen LogP contribution in [0, 0.1) is 0 Å². The number of carboxylic acids is 2. The van der Waals surface area contributed by atoms with Crippen LogP contribution in [-0.4, -0.2) is 35.2 Å². The lowest BCUT2D eigenvalue weighted by atomic mass is 9.88. The monoisotopic (exact) mass is 423 g/mol. The van der Waals surface area contributed by atoms with E-state index in [0.29, 0.717) is 22.6 Å². The Kier molecular flexibility index (Phi) is 5.01. The van der Waals surface area contributed by atoms with E-state index in [9.17, 15) is 19.5 Å². The van der Waals surface area contributed by atoms with Crippen LogP contribution in [0.1, 0.15) is 42.8 Å². The number of nitrogens with one attached hydrogen (secondary N) is 1. The zero-order valence-electron chi connectivity index (χ0n) is 15.8. The molecule has 4 rings (SSSR count). The minimum Gasteiger partial charge on any atom is -0.497 e. The van der Waals surface area contributed by atoms with E-state index < -0.39 is 11.9 Å². The SMILES string of the molecule is COc1ccc(-c2c(C(=O)O)sc3c2NC(=O)CC3c2ccc(C(=O)O)cc2)cc1. The van der Waals surface area contributed by atoms with E-state index in [1.54, 1.807) is 43.5 Å². The van der Waals surface area contributed by atoms with Gasteiger partial charge in [-0.3, -0.25) is 4.79 Å². The number of carbonyl (C=O) groups excluding carboxylic acids is 1. The van der Waals surface area contributed by atoms with Crippen molar-refractivity contribution in [2.75, 3.05) is 12.4 Å². The molecule has 0 spiro atoms. The van der Waals surface area contributed by atoms with Gasteiger partial charge in [-0.25, -0.2) is 9.59 Å². The van der Waals surface area contributed by atoms with Crippen molar-refractivity contribution < 1.29 is 29.3 Å². The Hall–Kier alpha value is -3.65. The topological polar surface area (TPSA) is 113 Å². The summed E-state index contributed by atoms with van der Waals surface area (Å²) in [7, 11) is 1.55. The highest BCUT2D eigenvalue weighted by molar-refractivity contribution is 7.15. The third-order valence-electron chi connectivity index (χ3n) is 5.04. The molecule has 0 bridgehead atoms. The van der Waals surface area contributed by atoms with E-state index >= 15 is 0 Å². The minimum absolute atomic E-state index is 0.138. The van der Waals surface area contributed by atoms with Crippen molar-refractivity contribution >= 4 is 34.9 Å². The normalized spacial score (nSPS) is 15.2. The third kappa shape index (κ3) is 3.42. The summed E-state index contributed by atoms with van der Waals surface area (Å²) in [5.41, 5.74) is 2.52. The molecule has 1 amide bonds. The third-order valence-corrected chi connectivity index (χ3v) is 6.33. The predicted molar refractivity (Wildman–Crippen MR) is 112 cm³/mol. The molecule has 3 aromatic rings. The standard InChI is InChI=1S/C22H17NO6S/c1-29-14-8-6-12(7-9-14)17-18-19(30-20(17)22(27)28)15(10-16(24)23-18)11-2-4-13(5-3-11)21(25)26/h2-9,15H,10H2,1H3,(H,23,24)(H,25,26)(H,27,28). The van der Waals surface area contributed by atoms with E-state index in [-0.39, 0.29) is 28.7 Å². The average Bonchev–Trinajstić information content (AvgIpc) is 3.13. The first-order valence-corrected chi connectivity index (χ1v) is 9.88. The number of carboxylic acid groups (broad SMARTS) is 2. The molecule has 1 atom stereocenters. The molecular formula is C22H17NO6S. The first-order valence-electron chi connectivity index (χ1n) is 9.06. The van der Waals surface area contributed by atoms with Crippen LogP contribution in [0.4, 0.5) is 5.69 Å². The smallest absolute Gasteiger partial charge is 0.346 e. The number of benzene rings is 2. The molecule has 8 heteroatoms. The molecule has 1 aromatic heterocycles. The van der Waals surface area contributed by atoms with Crippen LogP contribution in [-0.2, 0) is 4.79 Å². The molecule has 30 heavy (non-hydrogen) atoms. The fraction of sp³-hybridized carbons (Fsp3) is 0.136. The maximum Gasteiger partial charge on any atom is 0.346 e. The number of fused-ring (bicyclic) bond motifs is 1. The molecule has 1 unspecified atom stereocenters. The largest absolute Gasteiger partial charge is 0.497 e. The van der Waals surface area contributed by atoms with Crippen molar-refractivity contribution in [2.45, 2.75) is 12.3 Å². The van der Waals surface area contributed by atoms with Crippen molar-refractivity contribution in [1.29, 1.82) is 0 Å². The number of aromatic carboxylic acids is 2. The van der Waals surface area contributed by atoms with Gasteiger partial charge in [0.25, 0.3) is 0 Å². The second-order valence-corrected chi connectivity index (χ2v) is 7.86. The number of anilines is 1. The maximum atomic E-state index is 12.5. The molecule has 0 radical (unpaired) electrons. The van der Waals surface area contributed by atoms with Crippen LogP contribution in [0.3, 0.4) is 0 Å². The summed E-state index contributed by atoms with van der Waals surface area (Å²) in [5.74, 6) is -2.05. The molecule has 7 nitrogen and oxygen atoms in total. The number of hydrogen-bond acceptors (Lipinski definition) is 5. The van der Waals surface area contributed by atoms with E-state index in [1.807, 2.05) is 0 Å². The van der Waals surface area contributed by atoms with Crippen molar-refractivity contribution in [2.24, 2.45) is 0 Å². The summed E-state index contributed by atoms with van der Waals surface area (Å²) >= 11 is 1.13. The van der Waals surface area contributed by atoms with Crippen molar-refractivity contribution in [3.63, 3.8) is 0 Å². The summed E-state index contributed by atoms with van der Waals surface area (Å²) in [6.07, 6.45) is 0.154. The van der Waals surface area contributed by atoms with E-state index in [4.69, 9.17) is 9.84 Å².